The molecule has 0 radical (unpaired) electrons. The molecule has 0 saturated carbocycles. The summed E-state index contributed by atoms with van der Waals surface area (Å²) >= 11 is 7.51. The van der Waals surface area contributed by atoms with Crippen LogP contribution >= 0.6 is 23.4 Å². The predicted octanol–water partition coefficient (Wildman–Crippen LogP) is 3.30. The Hall–Kier alpha value is -2.03. The molecule has 3 rings (SSSR count). The highest BCUT2D eigenvalue weighted by Gasteiger charge is 2.32. The number of carboxylic acids is 1. The molecular weight excluding hydrogens is 344 g/mol. The van der Waals surface area contributed by atoms with Crippen molar-refractivity contribution in [3.8, 4) is 11.3 Å². The smallest absolute Gasteiger partial charge is 0.321 e. The second kappa shape index (κ2) is 6.23. The van der Waals surface area contributed by atoms with E-state index in [0.717, 1.165) is 0 Å². The molecule has 1 aliphatic rings. The van der Waals surface area contributed by atoms with Crippen molar-refractivity contribution < 1.29 is 19.2 Å². The zero-order valence-electron chi connectivity index (χ0n) is 11.6. The molecule has 0 amide bonds. The fourth-order valence-corrected chi connectivity index (χ4v) is 3.62. The standard InChI is InChI=1S/C14H11ClN2O5S/c15-9-2-1-7(17(20)21)5-8(9)11-3-4-12(22-11)13-16-10(6-23-13)14(18)19/h1-5,10,13,16H,6H2,(H,18,19)/t10-,13-/m1/s1. The highest BCUT2D eigenvalue weighted by atomic mass is 35.5. The average Bonchev–Trinajstić information content (AvgIpc) is 3.16. The number of nitro benzene ring substituents is 1. The van der Waals surface area contributed by atoms with Gasteiger partial charge in [0.25, 0.3) is 5.69 Å². The number of nitrogens with zero attached hydrogens (tertiary/aromatic N) is 1. The van der Waals surface area contributed by atoms with Gasteiger partial charge in [-0.15, -0.1) is 11.8 Å². The SMILES string of the molecule is O=C(O)[C@H]1CS[C@H](c2ccc(-c3cc([N+](=O)[O-])ccc3Cl)o2)N1. The quantitative estimate of drug-likeness (QED) is 0.641. The zero-order valence-corrected chi connectivity index (χ0v) is 13.1. The minimum absolute atomic E-state index is 0.0818. The molecule has 0 spiro atoms. The average molecular weight is 355 g/mol. The highest BCUT2D eigenvalue weighted by molar-refractivity contribution is 7.99. The number of non-ortho nitro benzene ring substituents is 1. The van der Waals surface area contributed by atoms with Crippen molar-refractivity contribution in [1.82, 2.24) is 5.32 Å². The molecule has 0 aliphatic carbocycles. The van der Waals surface area contributed by atoms with Gasteiger partial charge in [-0.2, -0.15) is 0 Å². The van der Waals surface area contributed by atoms with Crippen LogP contribution in [-0.4, -0.2) is 27.8 Å². The van der Waals surface area contributed by atoms with E-state index in [1.807, 2.05) is 0 Å². The van der Waals surface area contributed by atoms with Crippen molar-refractivity contribution in [2.75, 3.05) is 5.75 Å². The minimum Gasteiger partial charge on any atom is -0.480 e. The Labute approximate surface area is 139 Å². The molecule has 7 nitrogen and oxygen atoms in total. The maximum atomic E-state index is 11.0. The first-order chi connectivity index (χ1) is 11.0. The second-order valence-electron chi connectivity index (χ2n) is 4.89. The Morgan fingerprint density at radius 3 is 2.87 bits per heavy atom. The van der Waals surface area contributed by atoms with E-state index in [2.05, 4.69) is 5.32 Å². The van der Waals surface area contributed by atoms with E-state index >= 15 is 0 Å². The van der Waals surface area contributed by atoms with Crippen LogP contribution in [-0.2, 0) is 4.79 Å². The van der Waals surface area contributed by atoms with E-state index in [4.69, 9.17) is 21.1 Å². The number of nitrogens with one attached hydrogen (secondary N) is 1. The van der Waals surface area contributed by atoms with Crippen LogP contribution in [0.1, 0.15) is 11.1 Å². The number of rotatable bonds is 4. The van der Waals surface area contributed by atoms with Gasteiger partial charge in [-0.05, 0) is 18.2 Å². The molecule has 1 saturated heterocycles. The van der Waals surface area contributed by atoms with Gasteiger partial charge in [0.05, 0.1) is 9.95 Å². The first-order valence-electron chi connectivity index (χ1n) is 6.60. The molecule has 1 fully saturated rings. The summed E-state index contributed by atoms with van der Waals surface area (Å²) in [7, 11) is 0. The number of carboxylic acid groups (broad SMARTS) is 1. The van der Waals surface area contributed by atoms with Crippen LogP contribution in [0, 0.1) is 10.1 Å². The van der Waals surface area contributed by atoms with E-state index in [9.17, 15) is 14.9 Å². The molecule has 0 unspecified atom stereocenters. The fourth-order valence-electron chi connectivity index (χ4n) is 2.23. The lowest BCUT2D eigenvalue weighted by Crippen LogP contribution is -2.33. The van der Waals surface area contributed by atoms with Gasteiger partial charge in [0.15, 0.2) is 0 Å². The topological polar surface area (TPSA) is 106 Å². The van der Waals surface area contributed by atoms with Crippen molar-refractivity contribution in [2.24, 2.45) is 0 Å². The van der Waals surface area contributed by atoms with Crippen LogP contribution in [0.15, 0.2) is 34.7 Å². The molecule has 2 aromatic rings. The molecule has 0 bridgehead atoms. The largest absolute Gasteiger partial charge is 0.480 e. The Morgan fingerprint density at radius 2 is 2.22 bits per heavy atom. The van der Waals surface area contributed by atoms with Crippen LogP contribution in [0.25, 0.3) is 11.3 Å². The van der Waals surface area contributed by atoms with E-state index in [1.165, 1.54) is 30.0 Å². The summed E-state index contributed by atoms with van der Waals surface area (Å²) in [5.74, 6) is 0.479. The first-order valence-corrected chi connectivity index (χ1v) is 8.03. The van der Waals surface area contributed by atoms with Gasteiger partial charge < -0.3 is 9.52 Å². The lowest BCUT2D eigenvalue weighted by molar-refractivity contribution is -0.384. The van der Waals surface area contributed by atoms with Crippen LogP contribution in [0.3, 0.4) is 0 Å². The van der Waals surface area contributed by atoms with Gasteiger partial charge in [0, 0.05) is 23.4 Å². The van der Waals surface area contributed by atoms with E-state index in [-0.39, 0.29) is 11.1 Å². The lowest BCUT2D eigenvalue weighted by atomic mass is 10.1. The van der Waals surface area contributed by atoms with Crippen molar-refractivity contribution in [3.05, 3.63) is 51.2 Å². The van der Waals surface area contributed by atoms with Crippen LogP contribution < -0.4 is 5.32 Å². The lowest BCUT2D eigenvalue weighted by Gasteiger charge is -2.08. The van der Waals surface area contributed by atoms with Crippen molar-refractivity contribution >= 4 is 35.0 Å². The molecule has 9 heteroatoms. The summed E-state index contributed by atoms with van der Waals surface area (Å²) in [6.07, 6.45) is 0. The van der Waals surface area contributed by atoms with E-state index in [1.54, 1.807) is 12.1 Å². The van der Waals surface area contributed by atoms with Gasteiger partial charge in [-0.1, -0.05) is 11.6 Å². The fraction of sp³-hybridized carbons (Fsp3) is 0.214. The highest BCUT2D eigenvalue weighted by Crippen LogP contribution is 2.38. The second-order valence-corrected chi connectivity index (χ2v) is 6.44. The van der Waals surface area contributed by atoms with Crippen LogP contribution in [0.2, 0.25) is 5.02 Å². The summed E-state index contributed by atoms with van der Waals surface area (Å²) in [6, 6.07) is 6.86. The number of nitro groups is 1. The van der Waals surface area contributed by atoms with E-state index in [0.29, 0.717) is 27.9 Å². The molecule has 1 aliphatic heterocycles. The maximum Gasteiger partial charge on any atom is 0.321 e. The summed E-state index contributed by atoms with van der Waals surface area (Å²) in [6.45, 7) is 0. The normalized spacial score (nSPS) is 20.6. The number of hydrogen-bond donors (Lipinski definition) is 2. The number of halogens is 1. The first kappa shape index (κ1) is 15.9. The van der Waals surface area contributed by atoms with Crippen molar-refractivity contribution in [2.45, 2.75) is 11.4 Å². The number of carbonyl (C=O) groups is 1. The molecule has 120 valence electrons. The summed E-state index contributed by atoms with van der Waals surface area (Å²) in [4.78, 5) is 21.3. The molecule has 1 aromatic heterocycles. The van der Waals surface area contributed by atoms with Gasteiger partial charge in [0.1, 0.15) is 22.9 Å². The summed E-state index contributed by atoms with van der Waals surface area (Å²) in [5, 5.41) is 22.9. The Kier molecular flexibility index (Phi) is 4.29. The minimum atomic E-state index is -0.909. The van der Waals surface area contributed by atoms with Crippen molar-refractivity contribution in [3.63, 3.8) is 0 Å². The number of benzene rings is 1. The van der Waals surface area contributed by atoms with Crippen molar-refractivity contribution in [1.29, 1.82) is 0 Å². The van der Waals surface area contributed by atoms with Crippen LogP contribution in [0.4, 0.5) is 5.69 Å². The predicted molar refractivity (Wildman–Crippen MR) is 85.6 cm³/mol. The van der Waals surface area contributed by atoms with Gasteiger partial charge >= 0.3 is 5.97 Å². The third-order valence-electron chi connectivity index (χ3n) is 3.39. The molecule has 2 atom stereocenters. The Morgan fingerprint density at radius 1 is 1.43 bits per heavy atom. The van der Waals surface area contributed by atoms with Crippen LogP contribution in [0.5, 0.6) is 0 Å². The molecule has 2 heterocycles. The monoisotopic (exact) mass is 354 g/mol. The van der Waals surface area contributed by atoms with E-state index < -0.39 is 16.9 Å². The molecule has 23 heavy (non-hydrogen) atoms. The molecule has 1 aromatic carbocycles. The van der Waals surface area contributed by atoms with Gasteiger partial charge in [-0.3, -0.25) is 20.2 Å². The zero-order chi connectivity index (χ0) is 16.6. The third kappa shape index (κ3) is 3.19. The third-order valence-corrected chi connectivity index (χ3v) is 4.95. The molecular formula is C14H11ClN2O5S. The Balaban J connectivity index is 1.87. The molecule has 2 N–H and O–H groups in total. The number of hydrogen-bond acceptors (Lipinski definition) is 6. The maximum absolute atomic E-state index is 11.0. The van der Waals surface area contributed by atoms with Gasteiger partial charge in [-0.25, -0.2) is 0 Å². The summed E-state index contributed by atoms with van der Waals surface area (Å²) in [5.41, 5.74) is 0.339. The number of thioether (sulfide) groups is 1. The number of aliphatic carboxylic acids is 1. The van der Waals surface area contributed by atoms with Gasteiger partial charge in [0.2, 0.25) is 0 Å². The summed E-state index contributed by atoms with van der Waals surface area (Å²) < 4.78 is 5.71. The number of furan rings is 1. The Bertz CT molecular complexity index is 778.